The van der Waals surface area contributed by atoms with Crippen molar-refractivity contribution in [2.75, 3.05) is 16.8 Å². The highest BCUT2D eigenvalue weighted by Gasteiger charge is 2.74. The quantitative estimate of drug-likeness (QED) is 0.635. The minimum atomic E-state index is -1.12. The SMILES string of the molecule is Cc1cc(C)c2c(c1)[C@]1(C(=O)N2)[C@@H]2C(=O)N(c3ccc(Br)cc3)C(=O)[C@@H]2[C@@H]2CCCN21. The first kappa shape index (κ1) is 19.2. The third-order valence-electron chi connectivity index (χ3n) is 7.53. The molecule has 4 heterocycles. The van der Waals surface area contributed by atoms with E-state index in [0.717, 1.165) is 46.2 Å². The van der Waals surface area contributed by atoms with Crippen molar-refractivity contribution in [2.24, 2.45) is 11.8 Å². The van der Waals surface area contributed by atoms with E-state index in [9.17, 15) is 14.4 Å². The van der Waals surface area contributed by atoms with Gasteiger partial charge in [0, 0.05) is 21.8 Å². The maximum Gasteiger partial charge on any atom is 0.250 e. The van der Waals surface area contributed by atoms with Gasteiger partial charge in [-0.15, -0.1) is 0 Å². The van der Waals surface area contributed by atoms with Crippen molar-refractivity contribution in [3.05, 3.63) is 57.6 Å². The fraction of sp³-hybridized carbons (Fsp3) is 0.375. The molecule has 0 bridgehead atoms. The molecule has 7 heteroatoms. The van der Waals surface area contributed by atoms with E-state index in [4.69, 9.17) is 0 Å². The second kappa shape index (κ2) is 6.26. The molecule has 1 spiro atoms. The van der Waals surface area contributed by atoms with Crippen LogP contribution < -0.4 is 10.2 Å². The van der Waals surface area contributed by atoms with Crippen LogP contribution in [0, 0.1) is 25.7 Å². The molecule has 2 aromatic carbocycles. The first-order chi connectivity index (χ1) is 14.9. The summed E-state index contributed by atoms with van der Waals surface area (Å²) >= 11 is 3.41. The lowest BCUT2D eigenvalue weighted by atomic mass is 9.75. The third-order valence-corrected chi connectivity index (χ3v) is 8.06. The van der Waals surface area contributed by atoms with Crippen LogP contribution in [0.15, 0.2) is 40.9 Å². The van der Waals surface area contributed by atoms with Gasteiger partial charge in [0.05, 0.1) is 17.5 Å². The van der Waals surface area contributed by atoms with Gasteiger partial charge in [0.2, 0.25) is 17.7 Å². The van der Waals surface area contributed by atoms with E-state index in [-0.39, 0.29) is 23.8 Å². The summed E-state index contributed by atoms with van der Waals surface area (Å²) in [6, 6.07) is 11.2. The van der Waals surface area contributed by atoms with Crippen molar-refractivity contribution in [2.45, 2.75) is 38.3 Å². The Kier molecular flexibility index (Phi) is 3.88. The number of carbonyl (C=O) groups excluding carboxylic acids is 3. The van der Waals surface area contributed by atoms with Gasteiger partial charge in [-0.25, -0.2) is 4.90 Å². The van der Waals surface area contributed by atoms with Crippen molar-refractivity contribution >= 4 is 45.0 Å². The Hall–Kier alpha value is -2.51. The molecular formula is C24H22BrN3O3. The molecule has 0 aliphatic carbocycles. The first-order valence-electron chi connectivity index (χ1n) is 10.7. The molecule has 4 atom stereocenters. The normalized spacial score (nSPS) is 31.4. The highest BCUT2D eigenvalue weighted by molar-refractivity contribution is 9.10. The van der Waals surface area contributed by atoms with Crippen molar-refractivity contribution in [1.82, 2.24) is 4.90 Å². The number of anilines is 2. The molecule has 0 saturated carbocycles. The maximum atomic E-state index is 13.9. The molecule has 0 radical (unpaired) electrons. The summed E-state index contributed by atoms with van der Waals surface area (Å²) in [7, 11) is 0. The highest BCUT2D eigenvalue weighted by Crippen LogP contribution is 2.61. The van der Waals surface area contributed by atoms with E-state index in [0.29, 0.717) is 5.69 Å². The van der Waals surface area contributed by atoms with Crippen LogP contribution in [-0.4, -0.2) is 35.2 Å². The number of nitrogens with zero attached hydrogens (tertiary/aromatic N) is 2. The van der Waals surface area contributed by atoms with Gasteiger partial charge in [0.1, 0.15) is 5.54 Å². The van der Waals surface area contributed by atoms with Crippen molar-refractivity contribution < 1.29 is 14.4 Å². The predicted octanol–water partition coefficient (Wildman–Crippen LogP) is 3.50. The van der Waals surface area contributed by atoms with Gasteiger partial charge in [-0.3, -0.25) is 19.3 Å². The average molecular weight is 480 g/mol. The van der Waals surface area contributed by atoms with Gasteiger partial charge in [-0.1, -0.05) is 33.6 Å². The maximum absolute atomic E-state index is 13.9. The standard InChI is InChI=1S/C24H22BrN3O3/c1-12-10-13(2)20-16(11-12)24(23(31)26-20)19-18(17-4-3-9-27(17)24)21(29)28(22(19)30)15-7-5-14(25)6-8-15/h5-8,10-11,17-19H,3-4,9H2,1-2H3,(H,26,31)/t17-,18+,19-,24+/m0/s1. The number of halogens is 1. The summed E-state index contributed by atoms with van der Waals surface area (Å²) in [6.07, 6.45) is 1.74. The predicted molar refractivity (Wildman–Crippen MR) is 120 cm³/mol. The lowest BCUT2D eigenvalue weighted by Crippen LogP contribution is -2.54. The molecule has 4 aliphatic heterocycles. The largest absolute Gasteiger partial charge is 0.324 e. The van der Waals surface area contributed by atoms with Crippen molar-refractivity contribution in [3.8, 4) is 0 Å². The van der Waals surface area contributed by atoms with Gasteiger partial charge >= 0.3 is 0 Å². The van der Waals surface area contributed by atoms with Crippen LogP contribution in [0.2, 0.25) is 0 Å². The topological polar surface area (TPSA) is 69.7 Å². The Bertz CT molecular complexity index is 1180. The molecule has 6 rings (SSSR count). The lowest BCUT2D eigenvalue weighted by molar-refractivity contribution is -0.135. The van der Waals surface area contributed by atoms with Crippen LogP contribution in [0.25, 0.3) is 0 Å². The summed E-state index contributed by atoms with van der Waals surface area (Å²) in [5, 5.41) is 3.08. The van der Waals surface area contributed by atoms with Gasteiger partial charge < -0.3 is 5.32 Å². The van der Waals surface area contributed by atoms with Crippen LogP contribution in [-0.2, 0) is 19.9 Å². The van der Waals surface area contributed by atoms with Gasteiger partial charge in [0.15, 0.2) is 0 Å². The Balaban J connectivity index is 1.57. The molecule has 0 aromatic heterocycles. The fourth-order valence-electron chi connectivity index (χ4n) is 6.50. The number of carbonyl (C=O) groups is 3. The summed E-state index contributed by atoms with van der Waals surface area (Å²) < 4.78 is 0.879. The van der Waals surface area contributed by atoms with Crippen LogP contribution in [0.3, 0.4) is 0 Å². The summed E-state index contributed by atoms with van der Waals surface area (Å²) in [5.41, 5.74) is 3.13. The number of aryl methyl sites for hydroxylation is 2. The third kappa shape index (κ3) is 2.23. The number of amides is 3. The smallest absolute Gasteiger partial charge is 0.250 e. The number of imide groups is 1. The summed E-state index contributed by atoms with van der Waals surface area (Å²) in [4.78, 5) is 44.7. The molecular weight excluding hydrogens is 458 g/mol. The van der Waals surface area contributed by atoms with Crippen LogP contribution in [0.1, 0.15) is 29.5 Å². The number of nitrogens with one attached hydrogen (secondary N) is 1. The molecule has 1 N–H and O–H groups in total. The zero-order valence-electron chi connectivity index (χ0n) is 17.3. The lowest BCUT2D eigenvalue weighted by Gasteiger charge is -2.36. The van der Waals surface area contributed by atoms with Crippen molar-refractivity contribution in [3.63, 3.8) is 0 Å². The molecule has 6 nitrogen and oxygen atoms in total. The monoisotopic (exact) mass is 479 g/mol. The zero-order chi connectivity index (χ0) is 21.7. The van der Waals surface area contributed by atoms with E-state index < -0.39 is 17.4 Å². The van der Waals surface area contributed by atoms with E-state index >= 15 is 0 Å². The molecule has 2 aromatic rings. The number of hydrogen-bond donors (Lipinski definition) is 1. The molecule has 158 valence electrons. The summed E-state index contributed by atoms with van der Waals surface area (Å²) in [5.74, 6) is -1.84. The van der Waals surface area contributed by atoms with Crippen LogP contribution >= 0.6 is 15.9 Å². The van der Waals surface area contributed by atoms with E-state index in [1.165, 1.54) is 4.90 Å². The molecule has 3 fully saturated rings. The number of hydrogen-bond acceptors (Lipinski definition) is 4. The molecule has 3 amide bonds. The number of rotatable bonds is 1. The van der Waals surface area contributed by atoms with E-state index in [1.54, 1.807) is 12.1 Å². The second-order valence-corrected chi connectivity index (χ2v) is 10.0. The minimum Gasteiger partial charge on any atom is -0.324 e. The van der Waals surface area contributed by atoms with E-state index in [1.807, 2.05) is 38.1 Å². The van der Waals surface area contributed by atoms with Gasteiger partial charge in [0.25, 0.3) is 0 Å². The molecule has 3 saturated heterocycles. The Morgan fingerprint density at radius 2 is 1.81 bits per heavy atom. The van der Waals surface area contributed by atoms with Gasteiger partial charge in [-0.2, -0.15) is 0 Å². The number of benzene rings is 2. The summed E-state index contributed by atoms with van der Waals surface area (Å²) in [6.45, 7) is 4.71. The Morgan fingerprint density at radius 1 is 1.06 bits per heavy atom. The minimum absolute atomic E-state index is 0.0978. The van der Waals surface area contributed by atoms with Crippen LogP contribution in [0.4, 0.5) is 11.4 Å². The van der Waals surface area contributed by atoms with E-state index in [2.05, 4.69) is 26.1 Å². The van der Waals surface area contributed by atoms with Crippen LogP contribution in [0.5, 0.6) is 0 Å². The zero-order valence-corrected chi connectivity index (χ0v) is 18.9. The highest BCUT2D eigenvalue weighted by atomic mass is 79.9. The molecule has 31 heavy (non-hydrogen) atoms. The molecule has 4 aliphatic rings. The number of fused-ring (bicyclic) bond motifs is 7. The Morgan fingerprint density at radius 3 is 2.55 bits per heavy atom. The molecule has 0 unspecified atom stereocenters. The second-order valence-electron chi connectivity index (χ2n) is 9.12. The average Bonchev–Trinajstić information content (AvgIpc) is 3.42. The Labute approximate surface area is 188 Å². The van der Waals surface area contributed by atoms with Crippen molar-refractivity contribution in [1.29, 1.82) is 0 Å². The van der Waals surface area contributed by atoms with Gasteiger partial charge in [-0.05, 0) is 63.1 Å². The first-order valence-corrected chi connectivity index (χ1v) is 11.5. The fourth-order valence-corrected chi connectivity index (χ4v) is 6.77.